The van der Waals surface area contributed by atoms with E-state index in [0.29, 0.717) is 25.0 Å². The lowest BCUT2D eigenvalue weighted by atomic mass is 9.48. The number of fused-ring (bicyclic) bond motifs is 5. The maximum absolute atomic E-state index is 13.2. The third-order valence-corrected chi connectivity index (χ3v) is 9.19. The van der Waals surface area contributed by atoms with Gasteiger partial charge in [0.15, 0.2) is 5.78 Å². The van der Waals surface area contributed by atoms with Gasteiger partial charge < -0.3 is 4.52 Å². The maximum Gasteiger partial charge on any atom is 0.529 e. The summed E-state index contributed by atoms with van der Waals surface area (Å²) in [5.41, 5.74) is 0.411. The molecule has 3 saturated carbocycles. The lowest BCUT2D eigenvalue weighted by molar-refractivity contribution is -0.139. The molecule has 0 aromatic carbocycles. The largest absolute Gasteiger partial charge is 0.529 e. The Morgan fingerprint density at radius 1 is 1.14 bits per heavy atom. The molecule has 3 fully saturated rings. The molecule has 0 amide bonds. The molecule has 0 radical (unpaired) electrons. The Labute approximate surface area is 170 Å². The number of ketones is 2. The summed E-state index contributed by atoms with van der Waals surface area (Å²) in [7, 11) is -4.46. The molecule has 4 aliphatic carbocycles. The summed E-state index contributed by atoms with van der Waals surface area (Å²) < 4.78 is 21.6. The van der Waals surface area contributed by atoms with Crippen molar-refractivity contribution in [1.82, 2.24) is 0 Å². The highest BCUT2D eigenvalue weighted by Gasteiger charge is 2.61. The second-order valence-electron chi connectivity index (χ2n) is 9.67. The number of phosphoric ester groups is 1. The maximum atomic E-state index is 13.2. The van der Waals surface area contributed by atoms with Crippen LogP contribution in [0.15, 0.2) is 11.6 Å². The van der Waals surface area contributed by atoms with Crippen molar-refractivity contribution in [2.24, 2.45) is 28.6 Å². The zero-order valence-electron chi connectivity index (χ0n) is 17.2. The average Bonchev–Trinajstić information content (AvgIpc) is 2.90. The number of allylic oxidation sites excluding steroid dienone is 1. The molecule has 4 unspecified atom stereocenters. The van der Waals surface area contributed by atoms with Gasteiger partial charge in [-0.3, -0.25) is 23.8 Å². The first-order valence-electron chi connectivity index (χ1n) is 10.5. The highest BCUT2D eigenvalue weighted by Crippen LogP contribution is 2.63. The van der Waals surface area contributed by atoms with Crippen LogP contribution in [0.1, 0.15) is 65.7 Å². The molecule has 0 spiro atoms. The second-order valence-corrected chi connectivity index (χ2v) is 11.0. The topological polar surface area (TPSA) is 107 Å². The van der Waals surface area contributed by atoms with Gasteiger partial charge in [0.1, 0.15) is 5.78 Å². The molecular formula is C21H29O7P. The van der Waals surface area contributed by atoms with Crippen LogP contribution in [0.3, 0.4) is 0 Å². The summed E-state index contributed by atoms with van der Waals surface area (Å²) >= 11 is 0. The van der Waals surface area contributed by atoms with Gasteiger partial charge in [-0.25, -0.2) is 4.57 Å². The van der Waals surface area contributed by atoms with Crippen molar-refractivity contribution in [2.45, 2.75) is 71.8 Å². The highest BCUT2D eigenvalue weighted by molar-refractivity contribution is 7.48. The minimum atomic E-state index is -4.46. The lowest BCUT2D eigenvalue weighted by Crippen LogP contribution is -2.53. The Bertz CT molecular complexity index is 848. The monoisotopic (exact) mass is 424 g/mol. The number of carbonyl (C=O) groups is 3. The Morgan fingerprint density at radius 3 is 2.48 bits per heavy atom. The van der Waals surface area contributed by atoms with Crippen LogP contribution in [0.5, 0.6) is 0 Å². The third kappa shape index (κ3) is 3.35. The van der Waals surface area contributed by atoms with E-state index in [9.17, 15) is 23.8 Å². The molecule has 1 N–H and O–H groups in total. The SMILES string of the molecule is CC(=O)OP(=O)(O)O[C@H]1CC[C@@]2(C)C(=CC(=O)C3C2CC[C@]2(C)C(=O)CCC32)C1. The molecule has 160 valence electrons. The Hall–Kier alpha value is -1.30. The fourth-order valence-electron chi connectivity index (χ4n) is 6.60. The van der Waals surface area contributed by atoms with Crippen molar-refractivity contribution in [2.75, 3.05) is 0 Å². The van der Waals surface area contributed by atoms with Crippen LogP contribution in [0.25, 0.3) is 0 Å². The van der Waals surface area contributed by atoms with E-state index in [4.69, 9.17) is 4.52 Å². The van der Waals surface area contributed by atoms with Crippen LogP contribution in [-0.4, -0.2) is 28.5 Å². The van der Waals surface area contributed by atoms with Gasteiger partial charge in [-0.05, 0) is 61.9 Å². The van der Waals surface area contributed by atoms with Crippen molar-refractivity contribution in [3.8, 4) is 0 Å². The minimum absolute atomic E-state index is 0.0842. The second kappa shape index (κ2) is 6.86. The Morgan fingerprint density at radius 2 is 1.79 bits per heavy atom. The van der Waals surface area contributed by atoms with Crippen LogP contribution >= 0.6 is 7.82 Å². The summed E-state index contributed by atoms with van der Waals surface area (Å²) in [6.45, 7) is 5.27. The van der Waals surface area contributed by atoms with Crippen molar-refractivity contribution < 1.29 is 32.9 Å². The van der Waals surface area contributed by atoms with E-state index in [1.54, 1.807) is 6.08 Å². The first-order chi connectivity index (χ1) is 13.5. The standard InChI is InChI=1S/C21H29O7P/c1-12(22)27-29(25,26)28-14-6-8-20(2)13(10-14)11-17(23)19-15-4-5-18(24)21(15,3)9-7-16(19)20/h11,14-16,19H,4-10H2,1-3H3,(H,25,26)/t14-,15?,16?,19?,20-,21-/m0/s1. The molecule has 0 bridgehead atoms. The van der Waals surface area contributed by atoms with Crippen LogP contribution in [0.2, 0.25) is 0 Å². The summed E-state index contributed by atoms with van der Waals surface area (Å²) in [4.78, 5) is 46.4. The zero-order chi connectivity index (χ0) is 21.2. The van der Waals surface area contributed by atoms with E-state index >= 15 is 0 Å². The minimum Gasteiger partial charge on any atom is -0.371 e. The predicted molar refractivity (Wildman–Crippen MR) is 104 cm³/mol. The van der Waals surface area contributed by atoms with Crippen molar-refractivity contribution in [3.05, 3.63) is 11.6 Å². The van der Waals surface area contributed by atoms with E-state index < -0.39 is 19.9 Å². The summed E-state index contributed by atoms with van der Waals surface area (Å²) in [6.07, 6.45) is 5.83. The molecule has 7 atom stereocenters. The number of hydrogen-bond acceptors (Lipinski definition) is 6. The Balaban J connectivity index is 1.58. The normalized spacial score (nSPS) is 43.5. The fraction of sp³-hybridized carbons (Fsp3) is 0.762. The summed E-state index contributed by atoms with van der Waals surface area (Å²) in [6, 6.07) is 0. The van der Waals surface area contributed by atoms with Gasteiger partial charge in [0.2, 0.25) is 0 Å². The van der Waals surface area contributed by atoms with Crippen molar-refractivity contribution in [1.29, 1.82) is 0 Å². The van der Waals surface area contributed by atoms with Crippen molar-refractivity contribution >= 4 is 25.4 Å². The third-order valence-electron chi connectivity index (χ3n) is 8.14. The van der Waals surface area contributed by atoms with Gasteiger partial charge in [0.05, 0.1) is 6.10 Å². The molecule has 8 heteroatoms. The zero-order valence-corrected chi connectivity index (χ0v) is 18.1. The summed E-state index contributed by atoms with van der Waals surface area (Å²) in [5.74, 6) is -0.296. The molecule has 0 aromatic rings. The molecule has 0 aliphatic heterocycles. The lowest BCUT2D eigenvalue weighted by Gasteiger charge is -2.56. The van der Waals surface area contributed by atoms with Crippen LogP contribution in [0.4, 0.5) is 0 Å². The van der Waals surface area contributed by atoms with E-state index in [1.165, 1.54) is 0 Å². The number of hydrogen-bond donors (Lipinski definition) is 1. The van der Waals surface area contributed by atoms with Crippen LogP contribution < -0.4 is 0 Å². The van der Waals surface area contributed by atoms with Gasteiger partial charge in [0, 0.05) is 24.7 Å². The highest BCUT2D eigenvalue weighted by atomic mass is 31.2. The van der Waals surface area contributed by atoms with E-state index in [1.807, 2.05) is 6.92 Å². The predicted octanol–water partition coefficient (Wildman–Crippen LogP) is 3.75. The van der Waals surface area contributed by atoms with E-state index in [0.717, 1.165) is 38.2 Å². The van der Waals surface area contributed by atoms with Crippen molar-refractivity contribution in [3.63, 3.8) is 0 Å². The first-order valence-corrected chi connectivity index (χ1v) is 12.0. The number of Topliss-reactive ketones (excluding diaryl/α,β-unsaturated/α-hetero) is 1. The average molecular weight is 424 g/mol. The molecule has 29 heavy (non-hydrogen) atoms. The van der Waals surface area contributed by atoms with Gasteiger partial charge >= 0.3 is 13.8 Å². The molecular weight excluding hydrogens is 395 g/mol. The molecule has 4 rings (SSSR count). The number of rotatable bonds is 3. The smallest absolute Gasteiger partial charge is 0.371 e. The quantitative estimate of drug-likeness (QED) is 0.688. The molecule has 7 nitrogen and oxygen atoms in total. The molecule has 0 heterocycles. The van der Waals surface area contributed by atoms with Gasteiger partial charge in [-0.1, -0.05) is 19.4 Å². The van der Waals surface area contributed by atoms with Gasteiger partial charge in [0.25, 0.3) is 0 Å². The fourth-order valence-corrected chi connectivity index (χ4v) is 7.53. The van der Waals surface area contributed by atoms with E-state index in [-0.39, 0.29) is 34.4 Å². The first kappa shape index (κ1) is 21.0. The number of carbonyl (C=O) groups excluding carboxylic acids is 3. The van der Waals surface area contributed by atoms with Crippen LogP contribution in [0, 0.1) is 28.6 Å². The summed E-state index contributed by atoms with van der Waals surface area (Å²) in [5, 5.41) is 0. The Kier molecular flexibility index (Phi) is 4.96. The van der Waals surface area contributed by atoms with Gasteiger partial charge in [-0.2, -0.15) is 0 Å². The molecule has 0 saturated heterocycles. The number of phosphoric acid groups is 1. The van der Waals surface area contributed by atoms with Gasteiger partial charge in [-0.15, -0.1) is 0 Å². The van der Waals surface area contributed by atoms with Crippen LogP contribution in [-0.2, 0) is 28.0 Å². The van der Waals surface area contributed by atoms with E-state index in [2.05, 4.69) is 11.4 Å². The molecule has 0 aromatic heterocycles. The molecule has 4 aliphatic rings.